The smallest absolute Gasteiger partial charge is 0.249 e. The zero-order valence-corrected chi connectivity index (χ0v) is 13.7. The normalized spacial score (nSPS) is 16.8. The molecule has 1 fully saturated rings. The van der Waals surface area contributed by atoms with Crippen LogP contribution in [0, 0.1) is 12.7 Å². The zero-order chi connectivity index (χ0) is 17.1. The van der Waals surface area contributed by atoms with Crippen LogP contribution in [0.4, 0.5) is 10.3 Å². The summed E-state index contributed by atoms with van der Waals surface area (Å²) in [4.78, 5) is 19.1. The second-order valence-electron chi connectivity index (χ2n) is 5.70. The van der Waals surface area contributed by atoms with Crippen molar-refractivity contribution in [1.29, 1.82) is 0 Å². The van der Waals surface area contributed by atoms with Crippen molar-refractivity contribution in [3.8, 4) is 0 Å². The van der Waals surface area contributed by atoms with E-state index in [9.17, 15) is 9.18 Å². The molecule has 2 heterocycles. The molecule has 0 radical (unpaired) electrons. The highest BCUT2D eigenvalue weighted by molar-refractivity contribution is 5.94. The van der Waals surface area contributed by atoms with Crippen molar-refractivity contribution in [2.75, 3.05) is 31.6 Å². The van der Waals surface area contributed by atoms with Crippen molar-refractivity contribution in [3.63, 3.8) is 0 Å². The Morgan fingerprint density at radius 1 is 1.29 bits per heavy atom. The summed E-state index contributed by atoms with van der Waals surface area (Å²) < 4.78 is 20.2. The number of carbonyl (C=O) groups is 1. The number of nitrogens with zero attached hydrogens (tertiary/aromatic N) is 4. The molecule has 0 aliphatic carbocycles. The Morgan fingerprint density at radius 2 is 1.96 bits per heavy atom. The fourth-order valence-electron chi connectivity index (χ4n) is 2.70. The highest BCUT2D eigenvalue weighted by Crippen LogP contribution is 2.23. The van der Waals surface area contributed by atoms with Crippen LogP contribution in [0.25, 0.3) is 0 Å². The Balaban J connectivity index is 1.85. The SMILES string of the molecule is Cc1nc(NC(=O)[C@H](c2ccc(F)cc2)N2CCOCC2)nn1C. The lowest BCUT2D eigenvalue weighted by molar-refractivity contribution is -0.123. The maximum Gasteiger partial charge on any atom is 0.249 e. The minimum atomic E-state index is -0.543. The van der Waals surface area contributed by atoms with E-state index >= 15 is 0 Å². The second-order valence-corrected chi connectivity index (χ2v) is 5.70. The fraction of sp³-hybridized carbons (Fsp3) is 0.438. The van der Waals surface area contributed by atoms with Crippen molar-refractivity contribution in [2.45, 2.75) is 13.0 Å². The number of amides is 1. The quantitative estimate of drug-likeness (QED) is 0.912. The topological polar surface area (TPSA) is 72.3 Å². The summed E-state index contributed by atoms with van der Waals surface area (Å²) in [7, 11) is 1.76. The summed E-state index contributed by atoms with van der Waals surface area (Å²) in [5.41, 5.74) is 0.725. The van der Waals surface area contributed by atoms with Crippen LogP contribution in [0.1, 0.15) is 17.4 Å². The number of nitrogens with one attached hydrogen (secondary N) is 1. The number of ether oxygens (including phenoxy) is 1. The van der Waals surface area contributed by atoms with Gasteiger partial charge < -0.3 is 4.74 Å². The molecule has 0 bridgehead atoms. The van der Waals surface area contributed by atoms with E-state index in [1.54, 1.807) is 23.9 Å². The molecular formula is C16H20FN5O2. The number of anilines is 1. The molecule has 1 amide bonds. The van der Waals surface area contributed by atoms with Crippen LogP contribution < -0.4 is 5.32 Å². The lowest BCUT2D eigenvalue weighted by Crippen LogP contribution is -2.44. The van der Waals surface area contributed by atoms with Crippen LogP contribution in [0.15, 0.2) is 24.3 Å². The molecule has 1 saturated heterocycles. The lowest BCUT2D eigenvalue weighted by atomic mass is 10.0. The predicted molar refractivity (Wildman–Crippen MR) is 85.9 cm³/mol. The molecule has 0 unspecified atom stereocenters. The molecule has 8 heteroatoms. The first-order valence-corrected chi connectivity index (χ1v) is 7.80. The van der Waals surface area contributed by atoms with Gasteiger partial charge in [0.05, 0.1) is 13.2 Å². The summed E-state index contributed by atoms with van der Waals surface area (Å²) in [6.45, 7) is 4.19. The van der Waals surface area contributed by atoms with E-state index in [-0.39, 0.29) is 17.7 Å². The van der Waals surface area contributed by atoms with Gasteiger partial charge in [-0.2, -0.15) is 4.98 Å². The van der Waals surface area contributed by atoms with Gasteiger partial charge in [0, 0.05) is 20.1 Å². The van der Waals surface area contributed by atoms with E-state index in [0.717, 1.165) is 5.56 Å². The van der Waals surface area contributed by atoms with E-state index in [1.165, 1.54) is 12.1 Å². The first-order chi connectivity index (χ1) is 11.5. The van der Waals surface area contributed by atoms with E-state index in [2.05, 4.69) is 15.4 Å². The molecule has 24 heavy (non-hydrogen) atoms. The van der Waals surface area contributed by atoms with E-state index in [4.69, 9.17) is 4.74 Å². The number of aromatic nitrogens is 3. The summed E-state index contributed by atoms with van der Waals surface area (Å²) >= 11 is 0. The van der Waals surface area contributed by atoms with Crippen LogP contribution in [-0.2, 0) is 16.6 Å². The Labute approximate surface area is 139 Å². The average Bonchev–Trinajstić information content (AvgIpc) is 2.88. The van der Waals surface area contributed by atoms with Gasteiger partial charge >= 0.3 is 0 Å². The number of carbonyl (C=O) groups excluding carboxylic acids is 1. The molecule has 3 rings (SSSR count). The van der Waals surface area contributed by atoms with Crippen molar-refractivity contribution < 1.29 is 13.9 Å². The van der Waals surface area contributed by atoms with E-state index in [1.807, 2.05) is 11.8 Å². The standard InChI is InChI=1S/C16H20FN5O2/c1-11-18-16(20-21(11)2)19-15(23)14(22-7-9-24-10-8-22)12-3-5-13(17)6-4-12/h3-6,14H,7-10H2,1-2H3,(H,19,20,23)/t14-/m0/s1. The molecule has 128 valence electrons. The molecule has 0 saturated carbocycles. The molecule has 7 nitrogen and oxygen atoms in total. The Kier molecular flexibility index (Phi) is 4.86. The van der Waals surface area contributed by atoms with Crippen molar-refractivity contribution in [3.05, 3.63) is 41.5 Å². The molecule has 1 aromatic carbocycles. The van der Waals surface area contributed by atoms with Crippen LogP contribution in [-0.4, -0.2) is 51.9 Å². The van der Waals surface area contributed by atoms with Crippen LogP contribution in [0.2, 0.25) is 0 Å². The zero-order valence-electron chi connectivity index (χ0n) is 13.7. The number of hydrogen-bond donors (Lipinski definition) is 1. The fourth-order valence-corrected chi connectivity index (χ4v) is 2.70. The first-order valence-electron chi connectivity index (χ1n) is 7.80. The third kappa shape index (κ3) is 3.60. The van der Waals surface area contributed by atoms with Gasteiger partial charge in [0.15, 0.2) is 0 Å². The van der Waals surface area contributed by atoms with Gasteiger partial charge in [-0.15, -0.1) is 5.10 Å². The third-order valence-corrected chi connectivity index (χ3v) is 4.06. The number of halogens is 1. The van der Waals surface area contributed by atoms with Gasteiger partial charge in [-0.05, 0) is 24.6 Å². The number of rotatable bonds is 4. The molecule has 1 aromatic heterocycles. The van der Waals surface area contributed by atoms with Crippen LogP contribution >= 0.6 is 0 Å². The largest absolute Gasteiger partial charge is 0.379 e. The molecular weight excluding hydrogens is 313 g/mol. The van der Waals surface area contributed by atoms with Crippen molar-refractivity contribution in [2.24, 2.45) is 7.05 Å². The maximum absolute atomic E-state index is 13.2. The Hall–Kier alpha value is -2.32. The number of hydrogen-bond acceptors (Lipinski definition) is 5. The number of aryl methyl sites for hydroxylation is 2. The second kappa shape index (κ2) is 7.06. The van der Waals surface area contributed by atoms with Gasteiger partial charge in [-0.25, -0.2) is 4.39 Å². The molecule has 1 aliphatic rings. The highest BCUT2D eigenvalue weighted by Gasteiger charge is 2.29. The average molecular weight is 333 g/mol. The van der Waals surface area contributed by atoms with E-state index in [0.29, 0.717) is 32.1 Å². The van der Waals surface area contributed by atoms with Gasteiger partial charge in [-0.1, -0.05) is 12.1 Å². The molecule has 1 atom stereocenters. The van der Waals surface area contributed by atoms with Gasteiger partial charge in [-0.3, -0.25) is 19.7 Å². The Morgan fingerprint density at radius 3 is 2.54 bits per heavy atom. The van der Waals surface area contributed by atoms with Crippen molar-refractivity contribution >= 4 is 11.9 Å². The van der Waals surface area contributed by atoms with Gasteiger partial charge in [0.2, 0.25) is 11.9 Å². The van der Waals surface area contributed by atoms with Gasteiger partial charge in [0.1, 0.15) is 17.7 Å². The summed E-state index contributed by atoms with van der Waals surface area (Å²) in [6, 6.07) is 5.44. The first kappa shape index (κ1) is 16.5. The highest BCUT2D eigenvalue weighted by atomic mass is 19.1. The summed E-state index contributed by atoms with van der Waals surface area (Å²) in [5.74, 6) is 0.395. The summed E-state index contributed by atoms with van der Waals surface area (Å²) in [5, 5.41) is 6.91. The maximum atomic E-state index is 13.2. The monoisotopic (exact) mass is 333 g/mol. The Bertz CT molecular complexity index is 690. The predicted octanol–water partition coefficient (Wildman–Crippen LogP) is 1.27. The molecule has 0 spiro atoms. The van der Waals surface area contributed by atoms with Crippen molar-refractivity contribution in [1.82, 2.24) is 19.7 Å². The summed E-state index contributed by atoms with van der Waals surface area (Å²) in [6.07, 6.45) is 0. The molecule has 2 aromatic rings. The minimum Gasteiger partial charge on any atom is -0.379 e. The van der Waals surface area contributed by atoms with Gasteiger partial charge in [0.25, 0.3) is 0 Å². The molecule has 1 N–H and O–H groups in total. The molecule has 1 aliphatic heterocycles. The third-order valence-electron chi connectivity index (χ3n) is 4.06. The minimum absolute atomic E-state index is 0.242. The van der Waals surface area contributed by atoms with E-state index < -0.39 is 6.04 Å². The number of benzene rings is 1. The lowest BCUT2D eigenvalue weighted by Gasteiger charge is -2.33. The van der Waals surface area contributed by atoms with Crippen LogP contribution in [0.3, 0.4) is 0 Å². The number of morpholine rings is 1. The van der Waals surface area contributed by atoms with Crippen LogP contribution in [0.5, 0.6) is 0 Å².